The van der Waals surface area contributed by atoms with E-state index in [0.717, 1.165) is 36.0 Å². The molecule has 0 aliphatic carbocycles. The zero-order valence-electron chi connectivity index (χ0n) is 13.3. The summed E-state index contributed by atoms with van der Waals surface area (Å²) in [4.78, 5) is 0.365. The topological polar surface area (TPSA) is 63.4 Å². The summed E-state index contributed by atoms with van der Waals surface area (Å²) in [5, 5.41) is 0. The molecule has 0 aromatic heterocycles. The summed E-state index contributed by atoms with van der Waals surface area (Å²) in [7, 11) is -3.37. The van der Waals surface area contributed by atoms with Gasteiger partial charge in [-0.05, 0) is 60.7 Å². The van der Waals surface area contributed by atoms with Gasteiger partial charge in [0, 0.05) is 18.8 Å². The molecule has 4 nitrogen and oxygen atoms in total. The van der Waals surface area contributed by atoms with Crippen molar-refractivity contribution in [3.63, 3.8) is 0 Å². The summed E-state index contributed by atoms with van der Waals surface area (Å²) in [5.41, 5.74) is 9.69. The lowest BCUT2D eigenvalue weighted by molar-refractivity contribution is 0.346. The van der Waals surface area contributed by atoms with Gasteiger partial charge in [0.05, 0.1) is 4.90 Å². The number of sulfonamides is 1. The molecule has 0 saturated carbocycles. The monoisotopic (exact) mass is 330 g/mol. The highest BCUT2D eigenvalue weighted by atomic mass is 32.2. The van der Waals surface area contributed by atoms with E-state index < -0.39 is 10.0 Å². The number of nitrogens with zero attached hydrogens (tertiary/aromatic N) is 1. The Labute approximate surface area is 138 Å². The first-order valence-corrected chi connectivity index (χ1v) is 9.39. The first-order chi connectivity index (χ1) is 11.0. The van der Waals surface area contributed by atoms with E-state index in [1.807, 2.05) is 37.3 Å². The van der Waals surface area contributed by atoms with Crippen molar-refractivity contribution in [3.05, 3.63) is 48.0 Å². The van der Waals surface area contributed by atoms with Crippen LogP contribution in [-0.4, -0.2) is 25.8 Å². The SMILES string of the molecule is Cc1ccc(N)cc1-c1ccc(S(=O)(=O)N2CCCCC2)cc1. The predicted octanol–water partition coefficient (Wildman–Crippen LogP) is 3.42. The zero-order chi connectivity index (χ0) is 16.4. The van der Waals surface area contributed by atoms with Crippen LogP contribution in [0.25, 0.3) is 11.1 Å². The number of anilines is 1. The first kappa shape index (κ1) is 16.0. The lowest BCUT2D eigenvalue weighted by Gasteiger charge is -2.25. The molecular weight excluding hydrogens is 308 g/mol. The van der Waals surface area contributed by atoms with Crippen molar-refractivity contribution in [1.82, 2.24) is 4.31 Å². The van der Waals surface area contributed by atoms with Crippen molar-refractivity contribution in [3.8, 4) is 11.1 Å². The molecule has 1 heterocycles. The molecule has 0 unspecified atom stereocenters. The summed E-state index contributed by atoms with van der Waals surface area (Å²) < 4.78 is 26.9. The molecule has 1 aliphatic heterocycles. The lowest BCUT2D eigenvalue weighted by atomic mass is 10.0. The van der Waals surface area contributed by atoms with Crippen LogP contribution in [-0.2, 0) is 10.0 Å². The fourth-order valence-electron chi connectivity index (χ4n) is 3.01. The Hall–Kier alpha value is -1.85. The molecule has 0 spiro atoms. The number of benzene rings is 2. The third kappa shape index (κ3) is 3.26. The van der Waals surface area contributed by atoms with E-state index in [1.165, 1.54) is 0 Å². The highest BCUT2D eigenvalue weighted by molar-refractivity contribution is 7.89. The Kier molecular flexibility index (Phi) is 4.41. The molecule has 0 atom stereocenters. The summed E-state index contributed by atoms with van der Waals surface area (Å²) in [5.74, 6) is 0. The molecule has 2 aromatic carbocycles. The first-order valence-electron chi connectivity index (χ1n) is 7.95. The van der Waals surface area contributed by atoms with E-state index in [9.17, 15) is 8.42 Å². The quantitative estimate of drug-likeness (QED) is 0.877. The van der Waals surface area contributed by atoms with E-state index in [4.69, 9.17) is 5.73 Å². The van der Waals surface area contributed by atoms with Crippen LogP contribution in [0.5, 0.6) is 0 Å². The predicted molar refractivity (Wildman–Crippen MR) is 93.6 cm³/mol. The second-order valence-electron chi connectivity index (χ2n) is 6.06. The van der Waals surface area contributed by atoms with Crippen LogP contribution in [0.2, 0.25) is 0 Å². The molecule has 2 N–H and O–H groups in total. The molecule has 23 heavy (non-hydrogen) atoms. The standard InChI is InChI=1S/C18H22N2O2S/c1-14-5-8-16(19)13-18(14)15-6-9-17(10-7-15)23(21,22)20-11-3-2-4-12-20/h5-10,13H,2-4,11-12,19H2,1H3. The summed E-state index contributed by atoms with van der Waals surface area (Å²) in [6.07, 6.45) is 3.00. The number of nitrogen functional groups attached to an aromatic ring is 1. The summed E-state index contributed by atoms with van der Waals surface area (Å²) in [6, 6.07) is 12.9. The number of hydrogen-bond acceptors (Lipinski definition) is 3. The molecular formula is C18H22N2O2S. The minimum atomic E-state index is -3.37. The van der Waals surface area contributed by atoms with Gasteiger partial charge >= 0.3 is 0 Å². The fraction of sp³-hybridized carbons (Fsp3) is 0.333. The molecule has 0 radical (unpaired) electrons. The Morgan fingerprint density at radius 1 is 0.957 bits per heavy atom. The number of piperidine rings is 1. The second-order valence-corrected chi connectivity index (χ2v) is 8.00. The Bertz CT molecular complexity index is 792. The number of aryl methyl sites for hydroxylation is 1. The number of hydrogen-bond donors (Lipinski definition) is 1. The Morgan fingerprint density at radius 3 is 2.26 bits per heavy atom. The third-order valence-corrected chi connectivity index (χ3v) is 6.29. The molecule has 2 aromatic rings. The van der Waals surface area contributed by atoms with Gasteiger partial charge in [0.25, 0.3) is 0 Å². The average molecular weight is 330 g/mol. The average Bonchev–Trinajstić information content (AvgIpc) is 2.58. The van der Waals surface area contributed by atoms with Crippen LogP contribution in [0, 0.1) is 6.92 Å². The van der Waals surface area contributed by atoms with Gasteiger partial charge in [-0.15, -0.1) is 0 Å². The zero-order valence-corrected chi connectivity index (χ0v) is 14.1. The second kappa shape index (κ2) is 6.34. The molecule has 1 aliphatic rings. The third-order valence-electron chi connectivity index (χ3n) is 4.38. The number of rotatable bonds is 3. The molecule has 5 heteroatoms. The van der Waals surface area contributed by atoms with Crippen molar-refractivity contribution in [1.29, 1.82) is 0 Å². The van der Waals surface area contributed by atoms with Crippen molar-refractivity contribution < 1.29 is 8.42 Å². The van der Waals surface area contributed by atoms with Crippen LogP contribution in [0.4, 0.5) is 5.69 Å². The summed E-state index contributed by atoms with van der Waals surface area (Å²) >= 11 is 0. The lowest BCUT2D eigenvalue weighted by Crippen LogP contribution is -2.35. The van der Waals surface area contributed by atoms with Crippen molar-refractivity contribution in [2.24, 2.45) is 0 Å². The van der Waals surface area contributed by atoms with Gasteiger partial charge < -0.3 is 5.73 Å². The van der Waals surface area contributed by atoms with Crippen molar-refractivity contribution in [2.75, 3.05) is 18.8 Å². The van der Waals surface area contributed by atoms with E-state index in [-0.39, 0.29) is 0 Å². The van der Waals surface area contributed by atoms with Crippen LogP contribution >= 0.6 is 0 Å². The largest absolute Gasteiger partial charge is 0.399 e. The van der Waals surface area contributed by atoms with E-state index in [2.05, 4.69) is 0 Å². The van der Waals surface area contributed by atoms with E-state index >= 15 is 0 Å². The van der Waals surface area contributed by atoms with Gasteiger partial charge in [-0.2, -0.15) is 4.31 Å². The molecule has 122 valence electrons. The minimum Gasteiger partial charge on any atom is -0.399 e. The van der Waals surface area contributed by atoms with Crippen LogP contribution in [0.3, 0.4) is 0 Å². The minimum absolute atomic E-state index is 0.365. The van der Waals surface area contributed by atoms with Crippen LogP contribution < -0.4 is 5.73 Å². The summed E-state index contributed by atoms with van der Waals surface area (Å²) in [6.45, 7) is 3.27. The van der Waals surface area contributed by atoms with Gasteiger partial charge in [-0.1, -0.05) is 24.6 Å². The molecule has 0 bridgehead atoms. The van der Waals surface area contributed by atoms with Gasteiger partial charge in [0.15, 0.2) is 0 Å². The maximum absolute atomic E-state index is 12.7. The van der Waals surface area contributed by atoms with Gasteiger partial charge in [0.2, 0.25) is 10.0 Å². The normalized spacial score (nSPS) is 16.4. The Morgan fingerprint density at radius 2 is 1.61 bits per heavy atom. The van der Waals surface area contributed by atoms with Gasteiger partial charge in [-0.3, -0.25) is 0 Å². The van der Waals surface area contributed by atoms with Crippen molar-refractivity contribution >= 4 is 15.7 Å². The maximum Gasteiger partial charge on any atom is 0.243 e. The molecule has 0 amide bonds. The Balaban J connectivity index is 1.91. The fourth-order valence-corrected chi connectivity index (χ4v) is 4.53. The number of nitrogens with two attached hydrogens (primary N) is 1. The van der Waals surface area contributed by atoms with Crippen LogP contribution in [0.15, 0.2) is 47.4 Å². The maximum atomic E-state index is 12.7. The van der Waals surface area contributed by atoms with Gasteiger partial charge in [0.1, 0.15) is 0 Å². The van der Waals surface area contributed by atoms with E-state index in [1.54, 1.807) is 16.4 Å². The van der Waals surface area contributed by atoms with E-state index in [0.29, 0.717) is 23.7 Å². The highest BCUT2D eigenvalue weighted by Gasteiger charge is 2.25. The molecule has 1 fully saturated rings. The molecule has 3 rings (SSSR count). The smallest absolute Gasteiger partial charge is 0.243 e. The van der Waals surface area contributed by atoms with Gasteiger partial charge in [-0.25, -0.2) is 8.42 Å². The highest BCUT2D eigenvalue weighted by Crippen LogP contribution is 2.28. The molecule has 1 saturated heterocycles. The van der Waals surface area contributed by atoms with Crippen molar-refractivity contribution in [2.45, 2.75) is 31.1 Å². The van der Waals surface area contributed by atoms with Crippen LogP contribution in [0.1, 0.15) is 24.8 Å².